The van der Waals surface area contributed by atoms with Gasteiger partial charge in [-0.15, -0.1) is 5.10 Å². The van der Waals surface area contributed by atoms with Crippen LogP contribution in [0.1, 0.15) is 6.92 Å². The van der Waals surface area contributed by atoms with Gasteiger partial charge < -0.3 is 9.64 Å². The smallest absolute Gasteiger partial charge is 0.213 e. The van der Waals surface area contributed by atoms with Crippen LogP contribution in [0.25, 0.3) is 16.9 Å². The molecule has 0 bridgehead atoms. The van der Waals surface area contributed by atoms with E-state index >= 15 is 0 Å². The molecule has 2 aromatic heterocycles. The van der Waals surface area contributed by atoms with Crippen molar-refractivity contribution in [1.82, 2.24) is 29.3 Å². The van der Waals surface area contributed by atoms with Gasteiger partial charge in [0.25, 0.3) is 0 Å². The summed E-state index contributed by atoms with van der Waals surface area (Å²) in [6, 6.07) is 7.45. The van der Waals surface area contributed by atoms with Crippen molar-refractivity contribution >= 4 is 27.0 Å². The molecule has 0 atom stereocenters. The van der Waals surface area contributed by atoms with Gasteiger partial charge in [-0.1, -0.05) is 5.21 Å². The summed E-state index contributed by atoms with van der Waals surface area (Å²) in [6.45, 7) is 3.59. The molecule has 148 valence electrons. The van der Waals surface area contributed by atoms with Gasteiger partial charge in [-0.2, -0.15) is 8.99 Å². The lowest BCUT2D eigenvalue weighted by Gasteiger charge is -2.34. The summed E-state index contributed by atoms with van der Waals surface area (Å²) in [5.41, 5.74) is 2.00. The van der Waals surface area contributed by atoms with Crippen molar-refractivity contribution in [2.45, 2.75) is 6.92 Å². The first kappa shape index (κ1) is 18.6. The van der Waals surface area contributed by atoms with Gasteiger partial charge in [0.15, 0.2) is 17.0 Å². The predicted octanol–water partition coefficient (Wildman–Crippen LogP) is 0.691. The van der Waals surface area contributed by atoms with Crippen molar-refractivity contribution in [2.75, 3.05) is 43.9 Å². The van der Waals surface area contributed by atoms with Gasteiger partial charge >= 0.3 is 0 Å². The van der Waals surface area contributed by atoms with Crippen LogP contribution in [-0.2, 0) is 10.0 Å². The summed E-state index contributed by atoms with van der Waals surface area (Å²) < 4.78 is 32.5. The quantitative estimate of drug-likeness (QED) is 0.613. The number of anilines is 1. The minimum absolute atomic E-state index is 0.112. The van der Waals surface area contributed by atoms with E-state index in [-0.39, 0.29) is 5.75 Å². The fourth-order valence-corrected chi connectivity index (χ4v) is 4.31. The number of hydrogen-bond acceptors (Lipinski definition) is 8. The Morgan fingerprint density at radius 1 is 1.07 bits per heavy atom. The van der Waals surface area contributed by atoms with Crippen LogP contribution in [0.4, 0.5) is 5.82 Å². The van der Waals surface area contributed by atoms with Crippen LogP contribution in [0.3, 0.4) is 0 Å². The zero-order valence-corrected chi connectivity index (χ0v) is 16.5. The highest BCUT2D eigenvalue weighted by Crippen LogP contribution is 2.24. The fraction of sp³-hybridized carbons (Fsp3) is 0.412. The largest absolute Gasteiger partial charge is 0.497 e. The van der Waals surface area contributed by atoms with E-state index < -0.39 is 10.0 Å². The van der Waals surface area contributed by atoms with Crippen molar-refractivity contribution in [3.05, 3.63) is 30.6 Å². The molecule has 3 heterocycles. The van der Waals surface area contributed by atoms with E-state index in [1.165, 1.54) is 10.6 Å². The summed E-state index contributed by atoms with van der Waals surface area (Å²) in [4.78, 5) is 10.8. The number of benzene rings is 1. The van der Waals surface area contributed by atoms with Gasteiger partial charge in [0.05, 0.1) is 18.6 Å². The maximum Gasteiger partial charge on any atom is 0.213 e. The monoisotopic (exact) mass is 403 g/mol. The first-order valence-corrected chi connectivity index (χ1v) is 10.6. The van der Waals surface area contributed by atoms with Crippen molar-refractivity contribution in [3.63, 3.8) is 0 Å². The summed E-state index contributed by atoms with van der Waals surface area (Å²) in [5.74, 6) is 1.53. The SMILES string of the molecule is CCS(=O)(=O)N1CCN(c2ncnc3c2nnn3-c2ccc(OC)cc2)CC1. The van der Waals surface area contributed by atoms with Gasteiger partial charge in [-0.25, -0.2) is 18.4 Å². The van der Waals surface area contributed by atoms with Crippen LogP contribution in [-0.4, -0.2) is 76.7 Å². The third kappa shape index (κ3) is 3.27. The van der Waals surface area contributed by atoms with Crippen LogP contribution in [0.5, 0.6) is 5.75 Å². The number of hydrogen-bond donors (Lipinski definition) is 0. The summed E-state index contributed by atoms with van der Waals surface area (Å²) in [6.07, 6.45) is 1.48. The van der Waals surface area contributed by atoms with Gasteiger partial charge in [0.2, 0.25) is 10.0 Å². The number of aromatic nitrogens is 5. The Morgan fingerprint density at radius 2 is 1.79 bits per heavy atom. The van der Waals surface area contributed by atoms with Crippen molar-refractivity contribution in [3.8, 4) is 11.4 Å². The molecule has 4 rings (SSSR count). The first-order valence-electron chi connectivity index (χ1n) is 8.97. The van der Waals surface area contributed by atoms with E-state index in [0.717, 1.165) is 11.4 Å². The second kappa shape index (κ2) is 7.32. The van der Waals surface area contributed by atoms with E-state index in [0.29, 0.717) is 43.2 Å². The molecule has 1 aliphatic heterocycles. The fourth-order valence-electron chi connectivity index (χ4n) is 3.23. The molecule has 1 saturated heterocycles. The molecule has 11 heteroatoms. The number of nitrogens with zero attached hydrogens (tertiary/aromatic N) is 7. The van der Waals surface area contributed by atoms with Crippen LogP contribution in [0.2, 0.25) is 0 Å². The molecule has 3 aromatic rings. The second-order valence-electron chi connectivity index (χ2n) is 6.36. The molecule has 28 heavy (non-hydrogen) atoms. The first-order chi connectivity index (χ1) is 13.5. The van der Waals surface area contributed by atoms with Crippen molar-refractivity contribution in [2.24, 2.45) is 0 Å². The number of fused-ring (bicyclic) bond motifs is 1. The molecule has 1 aliphatic rings. The van der Waals surface area contributed by atoms with E-state index in [4.69, 9.17) is 4.74 Å². The zero-order chi connectivity index (χ0) is 19.7. The Hall–Kier alpha value is -2.79. The van der Waals surface area contributed by atoms with Gasteiger partial charge in [-0.05, 0) is 31.2 Å². The third-order valence-electron chi connectivity index (χ3n) is 4.83. The lowest BCUT2D eigenvalue weighted by Crippen LogP contribution is -2.49. The molecule has 1 fully saturated rings. The Kier molecular flexibility index (Phi) is 4.85. The molecular weight excluding hydrogens is 382 g/mol. The average Bonchev–Trinajstić information content (AvgIpc) is 3.18. The number of sulfonamides is 1. The predicted molar refractivity (Wildman–Crippen MR) is 104 cm³/mol. The molecule has 1 aromatic carbocycles. The highest BCUT2D eigenvalue weighted by atomic mass is 32.2. The lowest BCUT2D eigenvalue weighted by atomic mass is 10.3. The normalized spacial score (nSPS) is 15.9. The highest BCUT2D eigenvalue weighted by molar-refractivity contribution is 7.89. The molecular formula is C17H21N7O3S. The average molecular weight is 403 g/mol. The molecule has 0 aliphatic carbocycles. The topological polar surface area (TPSA) is 106 Å². The highest BCUT2D eigenvalue weighted by Gasteiger charge is 2.27. The van der Waals surface area contributed by atoms with E-state index in [9.17, 15) is 8.42 Å². The molecule has 10 nitrogen and oxygen atoms in total. The number of piperazine rings is 1. The van der Waals surface area contributed by atoms with E-state index in [2.05, 4.69) is 20.3 Å². The van der Waals surface area contributed by atoms with E-state index in [1.54, 1.807) is 18.7 Å². The summed E-state index contributed by atoms with van der Waals surface area (Å²) in [5, 5.41) is 8.51. The summed E-state index contributed by atoms with van der Waals surface area (Å²) in [7, 11) is -1.56. The zero-order valence-electron chi connectivity index (χ0n) is 15.7. The van der Waals surface area contributed by atoms with Gasteiger partial charge in [0, 0.05) is 26.2 Å². The lowest BCUT2D eigenvalue weighted by molar-refractivity contribution is 0.385. The molecule has 0 N–H and O–H groups in total. The molecule has 0 saturated carbocycles. The minimum atomic E-state index is -3.18. The Morgan fingerprint density at radius 3 is 2.43 bits per heavy atom. The van der Waals surface area contributed by atoms with E-state index in [1.807, 2.05) is 29.2 Å². The maximum atomic E-state index is 12.1. The molecule has 0 unspecified atom stereocenters. The summed E-state index contributed by atoms with van der Waals surface area (Å²) >= 11 is 0. The Labute approximate surface area is 162 Å². The number of ether oxygens (including phenoxy) is 1. The standard InChI is InChI=1S/C17H21N7O3S/c1-3-28(25,26)23-10-8-22(9-11-23)16-15-17(19-12-18-16)24(21-20-15)13-4-6-14(27-2)7-5-13/h4-7,12H,3,8-11H2,1-2H3. The Bertz CT molecular complexity index is 1070. The minimum Gasteiger partial charge on any atom is -0.497 e. The van der Waals surface area contributed by atoms with Crippen molar-refractivity contribution in [1.29, 1.82) is 0 Å². The van der Waals surface area contributed by atoms with Crippen molar-refractivity contribution < 1.29 is 13.2 Å². The second-order valence-corrected chi connectivity index (χ2v) is 8.61. The van der Waals surface area contributed by atoms with Crippen LogP contribution >= 0.6 is 0 Å². The number of methoxy groups -OCH3 is 1. The van der Waals surface area contributed by atoms with Crippen LogP contribution in [0.15, 0.2) is 30.6 Å². The Balaban J connectivity index is 1.62. The number of rotatable bonds is 5. The van der Waals surface area contributed by atoms with Gasteiger partial charge in [0.1, 0.15) is 12.1 Å². The van der Waals surface area contributed by atoms with Crippen LogP contribution < -0.4 is 9.64 Å². The third-order valence-corrected chi connectivity index (χ3v) is 6.71. The van der Waals surface area contributed by atoms with Crippen LogP contribution in [0, 0.1) is 0 Å². The molecule has 0 amide bonds. The maximum absolute atomic E-state index is 12.1. The van der Waals surface area contributed by atoms with Gasteiger partial charge in [-0.3, -0.25) is 0 Å². The molecule has 0 spiro atoms. The molecule has 0 radical (unpaired) electrons.